The van der Waals surface area contributed by atoms with Gasteiger partial charge in [-0.1, -0.05) is 15.9 Å². The van der Waals surface area contributed by atoms with Gasteiger partial charge in [0.05, 0.1) is 10.5 Å². The van der Waals surface area contributed by atoms with E-state index in [9.17, 15) is 20.0 Å². The molecule has 0 radical (unpaired) electrons. The van der Waals surface area contributed by atoms with Crippen LogP contribution in [0, 0.1) is 35.3 Å². The van der Waals surface area contributed by atoms with Crippen molar-refractivity contribution in [1.82, 2.24) is 4.57 Å². The number of rotatable bonds is 3. The molecule has 0 saturated heterocycles. The van der Waals surface area contributed by atoms with E-state index in [1.807, 2.05) is 0 Å². The Hall–Kier alpha value is -2.99. The molecule has 1 aromatic heterocycles. The molecule has 0 saturated carbocycles. The van der Waals surface area contributed by atoms with Gasteiger partial charge >= 0.3 is 0 Å². The van der Waals surface area contributed by atoms with E-state index in [-0.39, 0.29) is 33.9 Å². The maximum Gasteiger partial charge on any atom is 0.296 e. The van der Waals surface area contributed by atoms with Crippen molar-refractivity contribution in [3.05, 3.63) is 59.3 Å². The molecular formula is C16H13BrN4O4. The van der Waals surface area contributed by atoms with Crippen molar-refractivity contribution in [3.63, 3.8) is 0 Å². The Morgan fingerprint density at radius 1 is 1.44 bits per heavy atom. The molecule has 0 spiro atoms. The van der Waals surface area contributed by atoms with E-state index in [0.29, 0.717) is 10.0 Å². The summed E-state index contributed by atoms with van der Waals surface area (Å²) >= 11 is 3.20. The minimum absolute atomic E-state index is 0.122. The van der Waals surface area contributed by atoms with Crippen LogP contribution in [0.2, 0.25) is 0 Å². The maximum atomic E-state index is 11.9. The molecular weight excluding hydrogens is 392 g/mol. The number of hydrogen-bond donors (Lipinski definition) is 1. The summed E-state index contributed by atoms with van der Waals surface area (Å²) in [6.07, 6.45) is 1.22. The van der Waals surface area contributed by atoms with E-state index >= 15 is 0 Å². The highest BCUT2D eigenvalue weighted by Gasteiger charge is 2.19. The molecule has 25 heavy (non-hydrogen) atoms. The van der Waals surface area contributed by atoms with Gasteiger partial charge in [0.15, 0.2) is 0 Å². The molecule has 2 rings (SSSR count). The average molecular weight is 405 g/mol. The molecule has 2 aromatic rings. The molecule has 9 heteroatoms. The number of nitriles is 1. The van der Waals surface area contributed by atoms with Crippen LogP contribution in [0.3, 0.4) is 0 Å². The van der Waals surface area contributed by atoms with E-state index in [2.05, 4.69) is 20.9 Å². The highest BCUT2D eigenvalue weighted by molar-refractivity contribution is 9.10. The Balaban J connectivity index is 2.71. The van der Waals surface area contributed by atoms with Crippen molar-refractivity contribution in [2.75, 3.05) is 0 Å². The summed E-state index contributed by atoms with van der Waals surface area (Å²) in [6.45, 7) is 3.17. The molecule has 0 bridgehead atoms. The molecule has 0 fully saturated rings. The zero-order valence-corrected chi connectivity index (χ0v) is 15.2. The minimum Gasteiger partial charge on any atom is -0.494 e. The van der Waals surface area contributed by atoms with Crippen molar-refractivity contribution in [1.29, 1.82) is 5.26 Å². The molecule has 0 amide bonds. The summed E-state index contributed by atoms with van der Waals surface area (Å²) in [6, 6.07) is 4.80. The molecule has 128 valence electrons. The number of hydrogen-bond acceptors (Lipinski definition) is 6. The van der Waals surface area contributed by atoms with E-state index in [1.54, 1.807) is 19.1 Å². The van der Waals surface area contributed by atoms with Crippen LogP contribution in [0.1, 0.15) is 22.3 Å². The number of aliphatic imine (C=N–C) groups is 1. The predicted octanol–water partition coefficient (Wildman–Crippen LogP) is 3.00. The smallest absolute Gasteiger partial charge is 0.296 e. The summed E-state index contributed by atoms with van der Waals surface area (Å²) in [7, 11) is 1.32. The quantitative estimate of drug-likeness (QED) is 0.478. The summed E-state index contributed by atoms with van der Waals surface area (Å²) in [5.41, 5.74) is 0.133. The van der Waals surface area contributed by atoms with Crippen LogP contribution in [0.4, 0.5) is 11.4 Å². The van der Waals surface area contributed by atoms with Gasteiger partial charge in [-0.2, -0.15) is 5.26 Å². The van der Waals surface area contributed by atoms with Gasteiger partial charge in [0, 0.05) is 23.8 Å². The number of aromatic hydroxyl groups is 1. The van der Waals surface area contributed by atoms with Gasteiger partial charge in [0.1, 0.15) is 17.3 Å². The second-order valence-corrected chi connectivity index (χ2v) is 6.23. The van der Waals surface area contributed by atoms with Crippen molar-refractivity contribution in [2.24, 2.45) is 12.0 Å². The number of aryl methyl sites for hydroxylation is 1. The fraction of sp³-hybridized carbons (Fsp3) is 0.188. The van der Waals surface area contributed by atoms with Gasteiger partial charge in [0.25, 0.3) is 11.2 Å². The van der Waals surface area contributed by atoms with Gasteiger partial charge in [-0.25, -0.2) is 4.99 Å². The van der Waals surface area contributed by atoms with Crippen LogP contribution in [-0.4, -0.2) is 20.8 Å². The molecule has 1 heterocycles. The number of nitro groups is 1. The molecule has 0 aliphatic heterocycles. The van der Waals surface area contributed by atoms with Crippen LogP contribution >= 0.6 is 15.9 Å². The predicted molar refractivity (Wildman–Crippen MR) is 95.6 cm³/mol. The number of nitrogens with zero attached hydrogens (tertiary/aromatic N) is 4. The molecule has 8 nitrogen and oxygen atoms in total. The second-order valence-electron chi connectivity index (χ2n) is 5.32. The van der Waals surface area contributed by atoms with Gasteiger partial charge in [0.2, 0.25) is 5.88 Å². The normalized spacial score (nSPS) is 10.8. The lowest BCUT2D eigenvalue weighted by Crippen LogP contribution is -2.22. The lowest BCUT2D eigenvalue weighted by Gasteiger charge is -2.10. The third-order valence-corrected chi connectivity index (χ3v) is 4.19. The number of pyridine rings is 1. The zero-order valence-electron chi connectivity index (χ0n) is 13.6. The number of aromatic nitrogens is 1. The average Bonchev–Trinajstić information content (AvgIpc) is 2.54. The first kappa shape index (κ1) is 18.4. The molecule has 0 aliphatic rings. The Morgan fingerprint density at radius 2 is 2.08 bits per heavy atom. The minimum atomic E-state index is -0.625. The summed E-state index contributed by atoms with van der Waals surface area (Å²) in [4.78, 5) is 26.8. The standard InChI is InChI=1S/C16H13BrN4O4/c1-8-4-10(17)5-13(21(24)25)14(8)19-7-12-9(2)11(6-18)15(22)20(3)16(12)23/h4-5,7,23H,1-3H3. The van der Waals surface area contributed by atoms with E-state index in [4.69, 9.17) is 5.26 Å². The summed E-state index contributed by atoms with van der Waals surface area (Å²) < 4.78 is 1.47. The fourth-order valence-corrected chi connectivity index (χ4v) is 2.91. The Morgan fingerprint density at radius 3 is 2.64 bits per heavy atom. The third kappa shape index (κ3) is 3.29. The van der Waals surface area contributed by atoms with Crippen LogP contribution in [0.5, 0.6) is 5.88 Å². The highest BCUT2D eigenvalue weighted by Crippen LogP contribution is 2.34. The fourth-order valence-electron chi connectivity index (χ4n) is 2.35. The van der Waals surface area contributed by atoms with E-state index < -0.39 is 10.5 Å². The number of halogens is 1. The third-order valence-electron chi connectivity index (χ3n) is 3.73. The zero-order chi connectivity index (χ0) is 18.9. The molecule has 1 aromatic carbocycles. The number of nitro benzene ring substituents is 1. The van der Waals surface area contributed by atoms with Crippen molar-refractivity contribution >= 4 is 33.5 Å². The SMILES string of the molecule is Cc1cc(Br)cc([N+](=O)[O-])c1N=Cc1c(C)c(C#N)c(=O)n(C)c1O. The highest BCUT2D eigenvalue weighted by atomic mass is 79.9. The van der Waals surface area contributed by atoms with Crippen LogP contribution in [-0.2, 0) is 7.05 Å². The van der Waals surface area contributed by atoms with Gasteiger partial charge in [-0.3, -0.25) is 19.5 Å². The first-order valence-electron chi connectivity index (χ1n) is 7.00. The van der Waals surface area contributed by atoms with Crippen molar-refractivity contribution in [2.45, 2.75) is 13.8 Å². The molecule has 0 aliphatic carbocycles. The monoisotopic (exact) mass is 404 g/mol. The van der Waals surface area contributed by atoms with E-state index in [0.717, 1.165) is 4.57 Å². The molecule has 0 unspecified atom stereocenters. The Bertz CT molecular complexity index is 1020. The second kappa shape index (κ2) is 6.86. The van der Waals surface area contributed by atoms with Crippen LogP contribution in [0.15, 0.2) is 26.4 Å². The number of benzene rings is 1. The summed E-state index contributed by atoms with van der Waals surface area (Å²) in [5, 5.41) is 30.5. The van der Waals surface area contributed by atoms with E-state index in [1.165, 1.54) is 26.3 Å². The van der Waals surface area contributed by atoms with Crippen molar-refractivity contribution in [3.8, 4) is 11.9 Å². The topological polar surface area (TPSA) is 122 Å². The maximum absolute atomic E-state index is 11.9. The van der Waals surface area contributed by atoms with Gasteiger partial charge in [-0.05, 0) is 31.0 Å². The first-order chi connectivity index (χ1) is 11.7. The Labute approximate surface area is 151 Å². The summed E-state index contributed by atoms with van der Waals surface area (Å²) in [5.74, 6) is -0.373. The Kier molecular flexibility index (Phi) is 5.04. The lowest BCUT2D eigenvalue weighted by molar-refractivity contribution is -0.384. The van der Waals surface area contributed by atoms with Crippen LogP contribution < -0.4 is 5.56 Å². The largest absolute Gasteiger partial charge is 0.494 e. The molecule has 0 atom stereocenters. The molecule has 1 N–H and O–H groups in total. The van der Waals surface area contributed by atoms with Gasteiger partial charge < -0.3 is 5.11 Å². The first-order valence-corrected chi connectivity index (χ1v) is 7.79. The van der Waals surface area contributed by atoms with Gasteiger partial charge in [-0.15, -0.1) is 0 Å². The van der Waals surface area contributed by atoms with Crippen molar-refractivity contribution < 1.29 is 10.0 Å². The van der Waals surface area contributed by atoms with Crippen LogP contribution in [0.25, 0.3) is 0 Å². The lowest BCUT2D eigenvalue weighted by atomic mass is 10.1.